The molecule has 1 aromatic carbocycles. The highest BCUT2D eigenvalue weighted by Crippen LogP contribution is 2.24. The maximum absolute atomic E-state index is 12.6. The monoisotopic (exact) mass is 320 g/mol. The molecule has 21 heavy (non-hydrogen) atoms. The summed E-state index contributed by atoms with van der Waals surface area (Å²) in [5, 5.41) is 4.04. The van der Waals surface area contributed by atoms with Crippen LogP contribution in [0.25, 0.3) is 0 Å². The second-order valence-corrected chi connectivity index (χ2v) is 6.11. The molecule has 2 rings (SSSR count). The van der Waals surface area contributed by atoms with Crippen molar-refractivity contribution in [3.05, 3.63) is 40.4 Å². The third kappa shape index (κ3) is 3.25. The fourth-order valence-corrected chi connectivity index (χ4v) is 2.78. The van der Waals surface area contributed by atoms with E-state index in [4.69, 9.17) is 18.0 Å². The molecule has 2 aromatic rings. The minimum atomic E-state index is -0.131. The van der Waals surface area contributed by atoms with Gasteiger partial charge in [-0.15, -0.1) is 5.10 Å². The van der Waals surface area contributed by atoms with Gasteiger partial charge in [0.1, 0.15) is 9.87 Å². The smallest absolute Gasteiger partial charge is 0.271 e. The number of anilines is 1. The van der Waals surface area contributed by atoms with Gasteiger partial charge in [0, 0.05) is 18.3 Å². The minimum absolute atomic E-state index is 0.131. The number of hydrogen-bond donors (Lipinski definition) is 1. The third-order valence-electron chi connectivity index (χ3n) is 3.08. The second-order valence-electron chi connectivity index (χ2n) is 4.92. The lowest BCUT2D eigenvalue weighted by atomic mass is 10.1. The fourth-order valence-electron chi connectivity index (χ4n) is 1.86. The summed E-state index contributed by atoms with van der Waals surface area (Å²) < 4.78 is 3.89. The van der Waals surface area contributed by atoms with Crippen LogP contribution in [0.1, 0.15) is 40.7 Å². The first kappa shape index (κ1) is 15.5. The summed E-state index contributed by atoms with van der Waals surface area (Å²) in [5.41, 5.74) is 7.81. The Kier molecular flexibility index (Phi) is 4.64. The van der Waals surface area contributed by atoms with Crippen LogP contribution in [0.2, 0.25) is 0 Å². The van der Waals surface area contributed by atoms with Crippen molar-refractivity contribution in [2.75, 3.05) is 11.9 Å². The Hall–Kier alpha value is -1.86. The van der Waals surface area contributed by atoms with Crippen molar-refractivity contribution in [3.63, 3.8) is 0 Å². The van der Waals surface area contributed by atoms with Gasteiger partial charge < -0.3 is 10.6 Å². The molecule has 0 bridgehead atoms. The van der Waals surface area contributed by atoms with Crippen LogP contribution in [0.4, 0.5) is 5.69 Å². The molecule has 5 nitrogen and oxygen atoms in total. The van der Waals surface area contributed by atoms with Gasteiger partial charge in [-0.25, -0.2) is 0 Å². The molecule has 1 heterocycles. The first-order valence-corrected chi connectivity index (χ1v) is 7.60. The Balaban J connectivity index is 2.33. The van der Waals surface area contributed by atoms with E-state index < -0.39 is 0 Å². The number of aromatic nitrogens is 2. The third-order valence-corrected chi connectivity index (χ3v) is 4.04. The van der Waals surface area contributed by atoms with Crippen LogP contribution in [0.15, 0.2) is 24.3 Å². The Bertz CT molecular complexity index is 681. The fraction of sp³-hybridized carbons (Fsp3) is 0.286. The minimum Gasteiger partial charge on any atom is -0.389 e. The highest BCUT2D eigenvalue weighted by Gasteiger charge is 2.22. The van der Waals surface area contributed by atoms with Gasteiger partial charge in [-0.05, 0) is 29.6 Å². The Labute approximate surface area is 132 Å². The number of benzene rings is 1. The topological polar surface area (TPSA) is 72.1 Å². The molecule has 0 aliphatic carbocycles. The van der Waals surface area contributed by atoms with Crippen molar-refractivity contribution in [2.24, 2.45) is 5.73 Å². The standard InChI is InChI=1S/C14H16N4OS2/c1-8(2)11-12(21-17-16-11)14(19)18(3)10-6-4-5-9(7-10)13(15)20/h4-8H,1-3H3,(H2,15,20). The number of carbonyl (C=O) groups is 1. The highest BCUT2D eigenvalue weighted by atomic mass is 32.1. The van der Waals surface area contributed by atoms with E-state index in [0.717, 1.165) is 28.5 Å². The van der Waals surface area contributed by atoms with E-state index in [9.17, 15) is 4.79 Å². The van der Waals surface area contributed by atoms with E-state index in [1.807, 2.05) is 32.0 Å². The maximum atomic E-state index is 12.6. The number of rotatable bonds is 4. The molecule has 0 unspecified atom stereocenters. The lowest BCUT2D eigenvalue weighted by Gasteiger charge is -2.18. The molecule has 110 valence electrons. The van der Waals surface area contributed by atoms with E-state index in [-0.39, 0.29) is 11.8 Å². The van der Waals surface area contributed by atoms with E-state index in [0.29, 0.717) is 9.87 Å². The van der Waals surface area contributed by atoms with Crippen molar-refractivity contribution in [1.29, 1.82) is 0 Å². The predicted molar refractivity (Wildman–Crippen MR) is 89.1 cm³/mol. The first-order valence-electron chi connectivity index (χ1n) is 6.42. The molecule has 0 saturated heterocycles. The van der Waals surface area contributed by atoms with Crippen LogP contribution < -0.4 is 10.6 Å². The van der Waals surface area contributed by atoms with Crippen LogP contribution in [-0.4, -0.2) is 27.5 Å². The summed E-state index contributed by atoms with van der Waals surface area (Å²) in [7, 11) is 1.71. The summed E-state index contributed by atoms with van der Waals surface area (Å²) >= 11 is 6.08. The SMILES string of the molecule is CC(C)c1nnsc1C(=O)N(C)c1cccc(C(N)=S)c1. The molecule has 1 amide bonds. The molecule has 7 heteroatoms. The predicted octanol–water partition coefficient (Wildman–Crippen LogP) is 2.57. The normalized spacial score (nSPS) is 10.7. The van der Waals surface area contributed by atoms with E-state index in [1.165, 1.54) is 0 Å². The molecule has 0 aliphatic heterocycles. The molecule has 0 fully saturated rings. The van der Waals surface area contributed by atoms with Crippen LogP contribution in [0.3, 0.4) is 0 Å². The molecule has 1 aromatic heterocycles. The van der Waals surface area contributed by atoms with Crippen molar-refractivity contribution < 1.29 is 4.79 Å². The van der Waals surface area contributed by atoms with Crippen molar-refractivity contribution >= 4 is 40.3 Å². The van der Waals surface area contributed by atoms with Gasteiger partial charge in [0.05, 0.1) is 5.69 Å². The van der Waals surface area contributed by atoms with Crippen LogP contribution in [0, 0.1) is 0 Å². The zero-order chi connectivity index (χ0) is 15.6. The number of thiocarbonyl (C=S) groups is 1. The number of nitrogens with zero attached hydrogens (tertiary/aromatic N) is 3. The number of amides is 1. The van der Waals surface area contributed by atoms with E-state index >= 15 is 0 Å². The number of hydrogen-bond acceptors (Lipinski definition) is 5. The summed E-state index contributed by atoms with van der Waals surface area (Å²) in [6.45, 7) is 3.97. The number of carbonyl (C=O) groups excluding carboxylic acids is 1. The second kappa shape index (κ2) is 6.28. The maximum Gasteiger partial charge on any atom is 0.271 e. The largest absolute Gasteiger partial charge is 0.389 e. The summed E-state index contributed by atoms with van der Waals surface area (Å²) in [6.07, 6.45) is 0. The lowest BCUT2D eigenvalue weighted by molar-refractivity contribution is 0.0995. The van der Waals surface area contributed by atoms with Crippen LogP contribution in [0.5, 0.6) is 0 Å². The van der Waals surface area contributed by atoms with Gasteiger partial charge in [-0.3, -0.25) is 4.79 Å². The van der Waals surface area contributed by atoms with E-state index in [2.05, 4.69) is 9.59 Å². The molecule has 0 spiro atoms. The average Bonchev–Trinajstić information content (AvgIpc) is 2.95. The molecule has 0 radical (unpaired) electrons. The molecular formula is C14H16N4OS2. The lowest BCUT2D eigenvalue weighted by Crippen LogP contribution is -2.27. The van der Waals surface area contributed by atoms with Crippen molar-refractivity contribution in [3.8, 4) is 0 Å². The summed E-state index contributed by atoms with van der Waals surface area (Å²) in [6, 6.07) is 7.27. The Morgan fingerprint density at radius 2 is 2.14 bits per heavy atom. The molecular weight excluding hydrogens is 304 g/mol. The summed E-state index contributed by atoms with van der Waals surface area (Å²) in [4.78, 5) is 15.0. The van der Waals surface area contributed by atoms with Gasteiger partial charge in [0.15, 0.2) is 0 Å². The van der Waals surface area contributed by atoms with Crippen molar-refractivity contribution in [2.45, 2.75) is 19.8 Å². The zero-order valence-electron chi connectivity index (χ0n) is 12.0. The number of nitrogens with two attached hydrogens (primary N) is 1. The Morgan fingerprint density at radius 1 is 1.43 bits per heavy atom. The van der Waals surface area contributed by atoms with Gasteiger partial charge in [-0.1, -0.05) is 42.7 Å². The molecule has 0 aliphatic rings. The quantitative estimate of drug-likeness (QED) is 0.877. The van der Waals surface area contributed by atoms with Crippen LogP contribution in [-0.2, 0) is 0 Å². The van der Waals surface area contributed by atoms with Gasteiger partial charge in [0.2, 0.25) is 0 Å². The van der Waals surface area contributed by atoms with Gasteiger partial charge in [-0.2, -0.15) is 0 Å². The van der Waals surface area contributed by atoms with Crippen molar-refractivity contribution in [1.82, 2.24) is 9.59 Å². The first-order chi connectivity index (χ1) is 9.91. The molecule has 0 atom stereocenters. The highest BCUT2D eigenvalue weighted by molar-refractivity contribution is 7.80. The van der Waals surface area contributed by atoms with E-state index in [1.54, 1.807) is 18.0 Å². The van der Waals surface area contributed by atoms with Crippen LogP contribution >= 0.6 is 23.8 Å². The zero-order valence-corrected chi connectivity index (χ0v) is 13.7. The Morgan fingerprint density at radius 3 is 2.76 bits per heavy atom. The van der Waals surface area contributed by atoms with Gasteiger partial charge >= 0.3 is 0 Å². The van der Waals surface area contributed by atoms with Gasteiger partial charge in [0.25, 0.3) is 5.91 Å². The average molecular weight is 320 g/mol. The summed E-state index contributed by atoms with van der Waals surface area (Å²) in [5.74, 6) is 0.0212. The molecule has 2 N–H and O–H groups in total. The molecule has 0 saturated carbocycles.